The van der Waals surface area contributed by atoms with E-state index in [1.54, 1.807) is 30.3 Å². The summed E-state index contributed by atoms with van der Waals surface area (Å²) < 4.78 is 15.9. The summed E-state index contributed by atoms with van der Waals surface area (Å²) in [6, 6.07) is 12.7. The van der Waals surface area contributed by atoms with E-state index >= 15 is 0 Å². The maximum atomic E-state index is 14.7. The van der Waals surface area contributed by atoms with Crippen molar-refractivity contribution >= 4 is 59.3 Å². The molecule has 0 bridgehead atoms. The highest BCUT2D eigenvalue weighted by Gasteiger charge is 2.37. The Kier molecular flexibility index (Phi) is 5.50. The lowest BCUT2D eigenvalue weighted by Crippen LogP contribution is -2.45. The van der Waals surface area contributed by atoms with Crippen LogP contribution in [0.4, 0.5) is 10.2 Å². The van der Waals surface area contributed by atoms with Gasteiger partial charge in [-0.05, 0) is 30.7 Å². The van der Waals surface area contributed by atoms with E-state index in [2.05, 4.69) is 30.2 Å². The molecule has 0 aliphatic carbocycles. The summed E-state index contributed by atoms with van der Waals surface area (Å²) in [5, 5.41) is 1.09. The molecular weight excluding hydrogens is 441 g/mol. The summed E-state index contributed by atoms with van der Waals surface area (Å²) in [7, 11) is 24.8. The minimum Gasteiger partial charge on any atom is -0.364 e. The first kappa shape index (κ1) is 22.9. The number of nitrogens with one attached hydrogen (secondary N) is 2. The van der Waals surface area contributed by atoms with Crippen molar-refractivity contribution in [2.24, 2.45) is 0 Å². The first-order chi connectivity index (χ1) is 16.7. The maximum absolute atomic E-state index is 14.7. The summed E-state index contributed by atoms with van der Waals surface area (Å²) in [4.78, 5) is 33.6. The number of aromatic nitrogens is 6. The van der Waals surface area contributed by atoms with E-state index in [4.69, 9.17) is 31.4 Å². The van der Waals surface area contributed by atoms with Crippen LogP contribution in [0.1, 0.15) is 12.2 Å². The number of nitrogens with zero attached hydrogens (tertiary/aromatic N) is 5. The number of fused-ring (bicyclic) bond motifs is 2. The van der Waals surface area contributed by atoms with Gasteiger partial charge in [0.15, 0.2) is 11.5 Å². The molecule has 35 heavy (non-hydrogen) atoms. The van der Waals surface area contributed by atoms with Gasteiger partial charge in [-0.15, -0.1) is 5.11 Å². The number of hydrogen-bond acceptors (Lipinski definition) is 6. The topological polar surface area (TPSA) is 101 Å². The fourth-order valence-corrected chi connectivity index (χ4v) is 4.04. The minimum absolute atomic E-state index is 0.0104. The van der Waals surface area contributed by atoms with Crippen molar-refractivity contribution in [3.05, 3.63) is 83.2 Å². The van der Waals surface area contributed by atoms with Gasteiger partial charge in [0.05, 0.1) is 46.5 Å². The molecule has 0 spiro atoms. The van der Waals surface area contributed by atoms with E-state index in [0.717, 1.165) is 0 Å². The number of para-hydroxylation sites is 1. The minimum atomic E-state index is -1.79. The van der Waals surface area contributed by atoms with Crippen LogP contribution in [-0.2, 0) is 5.44 Å². The fraction of sp³-hybridized carbons (Fsp3) is 0.136. The molecule has 5 aromatic rings. The van der Waals surface area contributed by atoms with Gasteiger partial charge >= 0.3 is 0 Å². The fourth-order valence-electron chi connectivity index (χ4n) is 4.04. The molecule has 13 heteroatoms. The van der Waals surface area contributed by atoms with Gasteiger partial charge in [-0.3, -0.25) is 9.36 Å². The van der Waals surface area contributed by atoms with Gasteiger partial charge in [-0.25, -0.2) is 24.3 Å². The highest BCUT2D eigenvalue weighted by molar-refractivity contribution is 6.59. The van der Waals surface area contributed by atoms with Crippen LogP contribution in [0.2, 0.25) is 5.11 Å². The molecule has 2 aromatic carbocycles. The van der Waals surface area contributed by atoms with Crippen LogP contribution in [0.15, 0.2) is 66.0 Å². The monoisotopic (exact) mass is 455 g/mol. The first-order valence-electron chi connectivity index (χ1n) is 10.5. The van der Waals surface area contributed by atoms with Crippen molar-refractivity contribution < 1.29 is 4.39 Å². The molecule has 5 rings (SSSR count). The average Bonchev–Trinajstić information content (AvgIpc) is 3.28. The smallest absolute Gasteiger partial charge is 0.269 e. The molecule has 0 aliphatic rings. The second-order valence-electron chi connectivity index (χ2n) is 8.25. The van der Waals surface area contributed by atoms with Gasteiger partial charge in [0, 0.05) is 0 Å². The largest absolute Gasteiger partial charge is 0.364 e. The predicted octanol–water partition coefficient (Wildman–Crippen LogP) is 1.59. The summed E-state index contributed by atoms with van der Waals surface area (Å²) in [5.41, 5.74) is -1.12. The van der Waals surface area contributed by atoms with Gasteiger partial charge in [-0.2, -0.15) is 0 Å². The molecule has 0 fully saturated rings. The van der Waals surface area contributed by atoms with E-state index < -0.39 is 21.9 Å². The third kappa shape index (κ3) is 4.22. The number of rotatable bonds is 6. The number of benzene rings is 2. The van der Waals surface area contributed by atoms with E-state index in [1.807, 2.05) is 0 Å². The molecule has 162 valence electrons. The van der Waals surface area contributed by atoms with Crippen LogP contribution in [0, 0.1) is 5.82 Å². The van der Waals surface area contributed by atoms with E-state index in [1.165, 1.54) is 35.4 Å². The summed E-state index contributed by atoms with van der Waals surface area (Å²) in [6.07, 6.45) is 2.43. The van der Waals surface area contributed by atoms with Crippen LogP contribution in [-0.4, -0.2) is 60.9 Å². The van der Waals surface area contributed by atoms with Crippen LogP contribution in [0.3, 0.4) is 0 Å². The lowest BCUT2D eigenvalue weighted by Gasteiger charge is -2.39. The SMILES string of the molecule is [B]C([B])([B])C[C@]([B])(Nc1ncnc2nc[nH]c12)c1nc2cccc(F)c2c(=O)n1-c1ccccc1. The molecular formula is C22H14B4FN7O. The molecule has 0 unspecified atom stereocenters. The predicted molar refractivity (Wildman–Crippen MR) is 135 cm³/mol. The van der Waals surface area contributed by atoms with Crippen molar-refractivity contribution in [1.82, 2.24) is 29.5 Å². The highest BCUT2D eigenvalue weighted by atomic mass is 19.1. The Morgan fingerprint density at radius 1 is 1.00 bits per heavy atom. The van der Waals surface area contributed by atoms with Gasteiger partial charge in [0.25, 0.3) is 5.56 Å². The lowest BCUT2D eigenvalue weighted by molar-refractivity contribution is 0.565. The zero-order chi connectivity index (χ0) is 24.8. The van der Waals surface area contributed by atoms with Crippen molar-refractivity contribution in [3.8, 4) is 5.69 Å². The molecule has 0 aliphatic heterocycles. The van der Waals surface area contributed by atoms with Crippen LogP contribution < -0.4 is 10.9 Å². The molecule has 2 N–H and O–H groups in total. The Balaban J connectivity index is 1.83. The molecule has 8 radical (unpaired) electrons. The lowest BCUT2D eigenvalue weighted by atomic mass is 9.38. The molecule has 0 saturated heterocycles. The number of anilines is 1. The molecule has 8 nitrogen and oxygen atoms in total. The summed E-state index contributed by atoms with van der Waals surface area (Å²) in [5.74, 6) is -0.483. The molecule has 0 saturated carbocycles. The zero-order valence-electron chi connectivity index (χ0n) is 18.3. The van der Waals surface area contributed by atoms with Crippen LogP contribution in [0.5, 0.6) is 0 Å². The average molecular weight is 455 g/mol. The van der Waals surface area contributed by atoms with Crippen molar-refractivity contribution in [2.45, 2.75) is 17.0 Å². The van der Waals surface area contributed by atoms with Gasteiger partial charge < -0.3 is 10.3 Å². The number of aromatic amines is 1. The molecule has 3 heterocycles. The van der Waals surface area contributed by atoms with Crippen molar-refractivity contribution in [3.63, 3.8) is 0 Å². The van der Waals surface area contributed by atoms with Crippen molar-refractivity contribution in [1.29, 1.82) is 0 Å². The number of halogens is 1. The Hall–Kier alpha value is -3.88. The van der Waals surface area contributed by atoms with Gasteiger partial charge in [0.2, 0.25) is 0 Å². The quantitative estimate of drug-likeness (QED) is 0.378. The second-order valence-corrected chi connectivity index (χ2v) is 8.25. The Morgan fingerprint density at radius 3 is 2.51 bits per heavy atom. The maximum Gasteiger partial charge on any atom is 0.269 e. The number of H-pyrrole nitrogens is 1. The standard InChI is InChI=1S/C22H14B4FN7O/c23-21(9-22(24,25)26,33-18-16-17(29-10-28-16)30-11-31-18)20-32-14-8-4-7-13(27)15(14)19(35)34(20)12-5-2-1-3-6-12/h1-8,10-11H,9H2,(H2,28,29,30,31,33)/t21-/m0/s1. The number of imidazole rings is 1. The second kappa shape index (κ2) is 8.41. The summed E-state index contributed by atoms with van der Waals surface area (Å²) >= 11 is 0. The Morgan fingerprint density at radius 2 is 1.77 bits per heavy atom. The molecule has 0 amide bonds. The van der Waals surface area contributed by atoms with E-state index in [9.17, 15) is 9.18 Å². The molecule has 1 atom stereocenters. The van der Waals surface area contributed by atoms with E-state index in [-0.39, 0.29) is 29.0 Å². The normalized spacial score (nSPS) is 13.6. The Labute approximate surface area is 204 Å². The third-order valence-electron chi connectivity index (χ3n) is 5.41. The number of hydrogen-bond donors (Lipinski definition) is 2. The highest BCUT2D eigenvalue weighted by Crippen LogP contribution is 2.35. The van der Waals surface area contributed by atoms with Crippen molar-refractivity contribution in [2.75, 3.05) is 5.32 Å². The van der Waals surface area contributed by atoms with Gasteiger partial charge in [0.1, 0.15) is 36.7 Å². The van der Waals surface area contributed by atoms with Crippen LogP contribution in [0.25, 0.3) is 27.8 Å². The van der Waals surface area contributed by atoms with Gasteiger partial charge in [-0.1, -0.05) is 24.3 Å². The van der Waals surface area contributed by atoms with Crippen LogP contribution >= 0.6 is 0 Å². The Bertz CT molecular complexity index is 1600. The molecule has 3 aromatic heterocycles. The summed E-state index contributed by atoms with van der Waals surface area (Å²) in [6.45, 7) is 0. The zero-order valence-corrected chi connectivity index (χ0v) is 18.3. The van der Waals surface area contributed by atoms with E-state index in [0.29, 0.717) is 16.9 Å². The third-order valence-corrected chi connectivity index (χ3v) is 5.41. The first-order valence-corrected chi connectivity index (χ1v) is 10.5.